The maximum Gasteiger partial charge on any atom is 0.217 e. The maximum atomic E-state index is 6.44. The van der Waals surface area contributed by atoms with Crippen molar-refractivity contribution >= 4 is 22.4 Å². The molecule has 6 rings (SSSR count). The lowest BCUT2D eigenvalue weighted by Crippen LogP contribution is -2.35. The standard InChI is InChI=1S/C28H26N6O/c1-5-20-12-16(2)21(14-30-20)24-22(23-25(29)31-15-32-26(23)34(24)4)18-8-10-28(11-9-18)13-19-7-6-17(3)33-27(19)35-28/h1,6-8,12,14-15H,9-11,13H2,2-4H3,(H2,29,31,32)/t28-/m0/s1. The van der Waals surface area contributed by atoms with Gasteiger partial charge < -0.3 is 15.0 Å². The number of nitrogen functional groups attached to an aromatic ring is 1. The van der Waals surface area contributed by atoms with Crippen LogP contribution in [0.2, 0.25) is 0 Å². The molecule has 0 saturated heterocycles. The molecule has 2 N–H and O–H groups in total. The molecular weight excluding hydrogens is 436 g/mol. The third kappa shape index (κ3) is 3.28. The van der Waals surface area contributed by atoms with Crippen molar-refractivity contribution < 1.29 is 4.74 Å². The van der Waals surface area contributed by atoms with Gasteiger partial charge >= 0.3 is 0 Å². The highest BCUT2D eigenvalue weighted by atomic mass is 16.5. The van der Waals surface area contributed by atoms with E-state index in [0.29, 0.717) is 11.5 Å². The largest absolute Gasteiger partial charge is 0.470 e. The summed E-state index contributed by atoms with van der Waals surface area (Å²) in [7, 11) is 2.01. The monoisotopic (exact) mass is 462 g/mol. The van der Waals surface area contributed by atoms with E-state index >= 15 is 0 Å². The lowest BCUT2D eigenvalue weighted by Gasteiger charge is -2.32. The summed E-state index contributed by atoms with van der Waals surface area (Å²) in [6.45, 7) is 4.05. The zero-order chi connectivity index (χ0) is 24.3. The van der Waals surface area contributed by atoms with Gasteiger partial charge in [-0.1, -0.05) is 18.1 Å². The first-order valence-corrected chi connectivity index (χ1v) is 11.8. The van der Waals surface area contributed by atoms with Crippen LogP contribution in [0.3, 0.4) is 0 Å². The number of anilines is 1. The van der Waals surface area contributed by atoms with Gasteiger partial charge in [0.15, 0.2) is 0 Å². The van der Waals surface area contributed by atoms with Gasteiger partial charge in [-0.3, -0.25) is 0 Å². The second-order valence-corrected chi connectivity index (χ2v) is 9.58. The number of pyridine rings is 2. The average molecular weight is 463 g/mol. The minimum absolute atomic E-state index is 0.245. The molecule has 0 aromatic carbocycles. The molecule has 35 heavy (non-hydrogen) atoms. The van der Waals surface area contributed by atoms with Crippen LogP contribution in [0, 0.1) is 26.2 Å². The zero-order valence-electron chi connectivity index (χ0n) is 20.1. The molecule has 174 valence electrons. The molecule has 7 nitrogen and oxygen atoms in total. The predicted octanol–water partition coefficient (Wildman–Crippen LogP) is 4.55. The number of ether oxygens (including phenoxy) is 1. The molecule has 7 heteroatoms. The van der Waals surface area contributed by atoms with Crippen molar-refractivity contribution in [2.45, 2.75) is 45.1 Å². The fraction of sp³-hybridized carbons (Fsp3) is 0.286. The van der Waals surface area contributed by atoms with Gasteiger partial charge in [0, 0.05) is 48.5 Å². The van der Waals surface area contributed by atoms with Crippen molar-refractivity contribution in [3.63, 3.8) is 0 Å². The van der Waals surface area contributed by atoms with E-state index in [1.165, 1.54) is 17.5 Å². The summed E-state index contributed by atoms with van der Waals surface area (Å²) in [5.74, 6) is 3.88. The Hall–Kier alpha value is -4.18. The minimum Gasteiger partial charge on any atom is -0.470 e. The Labute approximate surface area is 204 Å². The SMILES string of the molecule is C#Cc1cc(C)c(-c2c(C3=CC[C@]4(CC3)Cc3ccc(C)nc3O4)c3c(N)ncnc3n2C)cn1. The van der Waals surface area contributed by atoms with E-state index in [1.54, 1.807) is 0 Å². The van der Waals surface area contributed by atoms with Gasteiger partial charge in [-0.15, -0.1) is 6.42 Å². The number of hydrogen-bond acceptors (Lipinski definition) is 6. The van der Waals surface area contributed by atoms with E-state index in [-0.39, 0.29) is 5.60 Å². The summed E-state index contributed by atoms with van der Waals surface area (Å²) in [4.78, 5) is 18.0. The third-order valence-corrected chi connectivity index (χ3v) is 7.31. The van der Waals surface area contributed by atoms with Crippen molar-refractivity contribution in [3.05, 3.63) is 64.9 Å². The molecule has 5 heterocycles. The van der Waals surface area contributed by atoms with E-state index in [0.717, 1.165) is 70.7 Å². The van der Waals surface area contributed by atoms with E-state index in [1.807, 2.05) is 26.2 Å². The van der Waals surface area contributed by atoms with Crippen molar-refractivity contribution in [3.8, 4) is 29.5 Å². The highest BCUT2D eigenvalue weighted by molar-refractivity contribution is 6.04. The fourth-order valence-corrected chi connectivity index (χ4v) is 5.52. The van der Waals surface area contributed by atoms with Crippen LogP contribution in [0.25, 0.3) is 27.9 Å². The molecule has 0 unspecified atom stereocenters. The molecule has 0 amide bonds. The first kappa shape index (κ1) is 21.4. The van der Waals surface area contributed by atoms with Crippen molar-refractivity contribution in [2.24, 2.45) is 7.05 Å². The number of allylic oxidation sites excluding steroid dienone is 1. The molecule has 0 bridgehead atoms. The molecule has 1 aliphatic heterocycles. The summed E-state index contributed by atoms with van der Waals surface area (Å²) >= 11 is 0. The Morgan fingerprint density at radius 2 is 2.06 bits per heavy atom. The lowest BCUT2D eigenvalue weighted by atomic mass is 9.80. The topological polar surface area (TPSA) is 91.7 Å². The number of nitrogens with two attached hydrogens (primary N) is 1. The van der Waals surface area contributed by atoms with E-state index in [9.17, 15) is 0 Å². The molecule has 1 aliphatic carbocycles. The number of aromatic nitrogens is 5. The molecule has 1 spiro atoms. The molecule has 0 radical (unpaired) electrons. The summed E-state index contributed by atoms with van der Waals surface area (Å²) in [6.07, 6.45) is 14.7. The first-order valence-electron chi connectivity index (χ1n) is 11.8. The Kier molecular flexibility index (Phi) is 4.68. The Morgan fingerprint density at radius 3 is 2.80 bits per heavy atom. The Morgan fingerprint density at radius 1 is 1.20 bits per heavy atom. The maximum absolute atomic E-state index is 6.44. The highest BCUT2D eigenvalue weighted by Gasteiger charge is 2.42. The van der Waals surface area contributed by atoms with Crippen LogP contribution in [0.4, 0.5) is 5.82 Å². The van der Waals surface area contributed by atoms with E-state index in [4.69, 9.17) is 16.9 Å². The predicted molar refractivity (Wildman–Crippen MR) is 137 cm³/mol. The summed E-state index contributed by atoms with van der Waals surface area (Å²) in [6, 6.07) is 6.13. The lowest BCUT2D eigenvalue weighted by molar-refractivity contribution is 0.0814. The molecule has 0 saturated carbocycles. The Balaban J connectivity index is 1.48. The molecule has 4 aromatic rings. The number of hydrogen-bond donors (Lipinski definition) is 1. The van der Waals surface area contributed by atoms with Gasteiger partial charge in [0.25, 0.3) is 0 Å². The molecule has 2 aliphatic rings. The smallest absolute Gasteiger partial charge is 0.217 e. The molecular formula is C28H26N6O. The van der Waals surface area contributed by atoms with Gasteiger partial charge in [0.05, 0.1) is 11.1 Å². The quantitative estimate of drug-likeness (QED) is 0.440. The molecule has 0 fully saturated rings. The van der Waals surface area contributed by atoms with Crippen LogP contribution in [-0.2, 0) is 13.5 Å². The number of fused-ring (bicyclic) bond motifs is 2. The van der Waals surface area contributed by atoms with E-state index in [2.05, 4.69) is 55.6 Å². The summed E-state index contributed by atoms with van der Waals surface area (Å²) in [5, 5.41) is 0.876. The van der Waals surface area contributed by atoms with Crippen molar-refractivity contribution in [1.29, 1.82) is 0 Å². The van der Waals surface area contributed by atoms with Crippen LogP contribution >= 0.6 is 0 Å². The van der Waals surface area contributed by atoms with Crippen molar-refractivity contribution in [1.82, 2.24) is 24.5 Å². The number of terminal acetylenes is 1. The van der Waals surface area contributed by atoms with Gasteiger partial charge in [-0.05, 0) is 50.0 Å². The van der Waals surface area contributed by atoms with Gasteiger partial charge in [0.2, 0.25) is 5.88 Å². The van der Waals surface area contributed by atoms with E-state index < -0.39 is 0 Å². The number of rotatable bonds is 2. The fourth-order valence-electron chi connectivity index (χ4n) is 5.52. The highest BCUT2D eigenvalue weighted by Crippen LogP contribution is 2.47. The van der Waals surface area contributed by atoms with Crippen LogP contribution < -0.4 is 10.5 Å². The Bertz CT molecular complexity index is 1590. The molecule has 4 aromatic heterocycles. The van der Waals surface area contributed by atoms with Crippen LogP contribution in [0.1, 0.15) is 47.3 Å². The minimum atomic E-state index is -0.245. The number of aryl methyl sites for hydroxylation is 3. The average Bonchev–Trinajstić information content (AvgIpc) is 3.35. The second-order valence-electron chi connectivity index (χ2n) is 9.58. The van der Waals surface area contributed by atoms with Crippen molar-refractivity contribution in [2.75, 3.05) is 5.73 Å². The summed E-state index contributed by atoms with van der Waals surface area (Å²) < 4.78 is 8.52. The van der Waals surface area contributed by atoms with Crippen LogP contribution in [-0.4, -0.2) is 30.1 Å². The van der Waals surface area contributed by atoms with Gasteiger partial charge in [-0.2, -0.15) is 0 Å². The third-order valence-electron chi connectivity index (χ3n) is 7.31. The van der Waals surface area contributed by atoms with Crippen LogP contribution in [0.15, 0.2) is 36.8 Å². The summed E-state index contributed by atoms with van der Waals surface area (Å²) in [5.41, 5.74) is 15.1. The molecule has 1 atom stereocenters. The zero-order valence-corrected chi connectivity index (χ0v) is 20.1. The van der Waals surface area contributed by atoms with Crippen LogP contribution in [0.5, 0.6) is 5.88 Å². The first-order chi connectivity index (χ1) is 16.9. The number of nitrogens with zero attached hydrogens (tertiary/aromatic N) is 5. The second kappa shape index (κ2) is 7.67. The van der Waals surface area contributed by atoms with Gasteiger partial charge in [-0.25, -0.2) is 19.9 Å². The van der Waals surface area contributed by atoms with Gasteiger partial charge in [0.1, 0.15) is 29.1 Å². The normalized spacial score (nSPS) is 18.9.